The monoisotopic (exact) mass is 206 g/mol. The van der Waals surface area contributed by atoms with Crippen LogP contribution in [0.3, 0.4) is 0 Å². The lowest BCUT2D eigenvalue weighted by molar-refractivity contribution is -0.139. The van der Waals surface area contributed by atoms with Crippen LogP contribution >= 0.6 is 15.9 Å². The Morgan fingerprint density at radius 2 is 2.60 bits per heavy atom. The van der Waals surface area contributed by atoms with Crippen LogP contribution in [0.4, 0.5) is 0 Å². The number of rotatable bonds is 3. The molecule has 0 spiro atoms. The maximum absolute atomic E-state index is 10.5. The molecule has 0 bridgehead atoms. The van der Waals surface area contributed by atoms with Gasteiger partial charge < -0.3 is 9.47 Å². The fraction of sp³-hybridized carbons (Fsp3) is 0.500. The van der Waals surface area contributed by atoms with E-state index in [4.69, 9.17) is 9.47 Å². The third kappa shape index (κ3) is 2.11. The van der Waals surface area contributed by atoms with E-state index >= 15 is 0 Å². The second kappa shape index (κ2) is 3.16. The highest BCUT2D eigenvalue weighted by Crippen LogP contribution is 2.21. The van der Waals surface area contributed by atoms with Crippen molar-refractivity contribution in [3.8, 4) is 0 Å². The Balaban J connectivity index is 2.22. The molecule has 0 radical (unpaired) electrons. The van der Waals surface area contributed by atoms with Crippen LogP contribution in [-0.2, 0) is 14.3 Å². The van der Waals surface area contributed by atoms with Crippen molar-refractivity contribution in [1.82, 2.24) is 0 Å². The molecular formula is C6H7BrO3. The molecule has 0 saturated carbocycles. The number of carbonyl (C=O) groups excluding carboxylic acids is 1. The minimum absolute atomic E-state index is 0.0314. The Labute approximate surface area is 67.1 Å². The number of hydrogen-bond acceptors (Lipinski definition) is 3. The lowest BCUT2D eigenvalue weighted by Gasteiger charge is -2.04. The standard InChI is InChI=1S/C6H7BrO3/c1-2-5(8)10-6(7)4-3-9-4/h2,4,6H,1,3H2. The molecule has 4 heteroatoms. The molecule has 1 heterocycles. The molecule has 10 heavy (non-hydrogen) atoms. The van der Waals surface area contributed by atoms with Crippen molar-refractivity contribution in [1.29, 1.82) is 0 Å². The van der Waals surface area contributed by atoms with Gasteiger partial charge >= 0.3 is 5.97 Å². The Kier molecular flexibility index (Phi) is 2.45. The highest BCUT2D eigenvalue weighted by molar-refractivity contribution is 9.09. The normalized spacial score (nSPS) is 25.1. The second-order valence-electron chi connectivity index (χ2n) is 1.86. The smallest absolute Gasteiger partial charge is 0.331 e. The number of epoxide rings is 1. The van der Waals surface area contributed by atoms with Gasteiger partial charge in [-0.15, -0.1) is 0 Å². The number of carbonyl (C=O) groups is 1. The molecule has 1 aliphatic heterocycles. The summed E-state index contributed by atoms with van der Waals surface area (Å²) in [5.74, 6) is -0.433. The van der Waals surface area contributed by atoms with Gasteiger partial charge in [0.05, 0.1) is 6.61 Å². The van der Waals surface area contributed by atoms with Gasteiger partial charge in [0.1, 0.15) is 6.10 Å². The first kappa shape index (κ1) is 7.75. The van der Waals surface area contributed by atoms with E-state index in [1.54, 1.807) is 0 Å². The minimum atomic E-state index is -0.433. The van der Waals surface area contributed by atoms with Crippen LogP contribution in [0.25, 0.3) is 0 Å². The van der Waals surface area contributed by atoms with Crippen LogP contribution in [0.2, 0.25) is 0 Å². The average Bonchev–Trinajstić information content (AvgIpc) is 2.68. The van der Waals surface area contributed by atoms with E-state index in [2.05, 4.69) is 22.5 Å². The van der Waals surface area contributed by atoms with E-state index in [1.165, 1.54) is 0 Å². The van der Waals surface area contributed by atoms with Gasteiger partial charge in [-0.25, -0.2) is 4.79 Å². The predicted octanol–water partition coefficient (Wildman–Crippen LogP) is 0.835. The molecule has 0 aromatic carbocycles. The zero-order valence-electron chi connectivity index (χ0n) is 5.25. The van der Waals surface area contributed by atoms with Gasteiger partial charge in [0.2, 0.25) is 0 Å². The summed E-state index contributed by atoms with van der Waals surface area (Å²) in [6.07, 6.45) is 1.15. The first-order valence-electron chi connectivity index (χ1n) is 2.83. The quantitative estimate of drug-likeness (QED) is 0.298. The van der Waals surface area contributed by atoms with Gasteiger partial charge in [0.15, 0.2) is 5.01 Å². The number of hydrogen-bond donors (Lipinski definition) is 0. The summed E-state index contributed by atoms with van der Waals surface area (Å²) in [5, 5.41) is -0.321. The topological polar surface area (TPSA) is 38.8 Å². The van der Waals surface area contributed by atoms with E-state index in [1.807, 2.05) is 0 Å². The summed E-state index contributed by atoms with van der Waals surface area (Å²) < 4.78 is 9.62. The van der Waals surface area contributed by atoms with E-state index in [-0.39, 0.29) is 11.1 Å². The molecule has 1 rings (SSSR count). The Bertz CT molecular complexity index is 153. The van der Waals surface area contributed by atoms with E-state index < -0.39 is 5.97 Å². The van der Waals surface area contributed by atoms with Gasteiger partial charge in [-0.1, -0.05) is 6.58 Å². The van der Waals surface area contributed by atoms with Crippen molar-refractivity contribution in [2.24, 2.45) is 0 Å². The molecule has 1 aliphatic rings. The van der Waals surface area contributed by atoms with Crippen molar-refractivity contribution in [2.45, 2.75) is 11.1 Å². The zero-order valence-corrected chi connectivity index (χ0v) is 6.83. The van der Waals surface area contributed by atoms with Crippen LogP contribution in [0.15, 0.2) is 12.7 Å². The first-order valence-corrected chi connectivity index (χ1v) is 3.74. The Morgan fingerprint density at radius 3 is 3.00 bits per heavy atom. The van der Waals surface area contributed by atoms with Crippen molar-refractivity contribution < 1.29 is 14.3 Å². The van der Waals surface area contributed by atoms with Gasteiger partial charge in [0.25, 0.3) is 0 Å². The number of alkyl halides is 1. The van der Waals surface area contributed by atoms with Crippen LogP contribution in [0.1, 0.15) is 0 Å². The summed E-state index contributed by atoms with van der Waals surface area (Å²) in [6, 6.07) is 0. The second-order valence-corrected chi connectivity index (χ2v) is 2.77. The van der Waals surface area contributed by atoms with Crippen LogP contribution in [0.5, 0.6) is 0 Å². The summed E-state index contributed by atoms with van der Waals surface area (Å²) in [6.45, 7) is 3.91. The molecule has 1 fully saturated rings. The summed E-state index contributed by atoms with van der Waals surface area (Å²) in [5.41, 5.74) is 0. The highest BCUT2D eigenvalue weighted by atomic mass is 79.9. The van der Waals surface area contributed by atoms with E-state index in [0.717, 1.165) is 6.08 Å². The van der Waals surface area contributed by atoms with Crippen LogP contribution < -0.4 is 0 Å². The molecule has 0 amide bonds. The summed E-state index contributed by atoms with van der Waals surface area (Å²) in [7, 11) is 0. The maximum Gasteiger partial charge on any atom is 0.331 e. The van der Waals surface area contributed by atoms with Crippen LogP contribution in [-0.4, -0.2) is 23.7 Å². The molecular weight excluding hydrogens is 200 g/mol. The summed E-state index contributed by atoms with van der Waals surface area (Å²) in [4.78, 5) is 10.5. The fourth-order valence-corrected chi connectivity index (χ4v) is 0.931. The lowest BCUT2D eigenvalue weighted by atomic mass is 10.5. The number of ether oxygens (including phenoxy) is 2. The number of esters is 1. The van der Waals surface area contributed by atoms with Gasteiger partial charge in [-0.05, 0) is 15.9 Å². The molecule has 3 nitrogen and oxygen atoms in total. The maximum atomic E-state index is 10.5. The van der Waals surface area contributed by atoms with Crippen molar-refractivity contribution in [3.05, 3.63) is 12.7 Å². The largest absolute Gasteiger partial charge is 0.445 e. The molecule has 0 aromatic rings. The molecule has 2 unspecified atom stereocenters. The van der Waals surface area contributed by atoms with Gasteiger partial charge in [-0.3, -0.25) is 0 Å². The van der Waals surface area contributed by atoms with E-state index in [0.29, 0.717) is 6.61 Å². The van der Waals surface area contributed by atoms with Crippen molar-refractivity contribution in [2.75, 3.05) is 6.61 Å². The van der Waals surface area contributed by atoms with Crippen molar-refractivity contribution >= 4 is 21.9 Å². The number of halogens is 1. The minimum Gasteiger partial charge on any atom is -0.445 e. The Morgan fingerprint density at radius 1 is 2.00 bits per heavy atom. The molecule has 56 valence electrons. The zero-order chi connectivity index (χ0) is 7.56. The Hall–Kier alpha value is -0.350. The highest BCUT2D eigenvalue weighted by Gasteiger charge is 2.33. The third-order valence-corrected chi connectivity index (χ3v) is 1.82. The average molecular weight is 207 g/mol. The third-order valence-electron chi connectivity index (χ3n) is 1.05. The molecule has 0 N–H and O–H groups in total. The van der Waals surface area contributed by atoms with Crippen LogP contribution in [0, 0.1) is 0 Å². The van der Waals surface area contributed by atoms with Gasteiger partial charge in [-0.2, -0.15) is 0 Å². The van der Waals surface area contributed by atoms with Gasteiger partial charge in [0, 0.05) is 6.08 Å². The molecule has 0 aromatic heterocycles. The molecule has 0 aliphatic carbocycles. The molecule has 1 saturated heterocycles. The van der Waals surface area contributed by atoms with E-state index in [9.17, 15) is 4.79 Å². The predicted molar refractivity (Wildman–Crippen MR) is 38.7 cm³/mol. The van der Waals surface area contributed by atoms with Crippen molar-refractivity contribution in [3.63, 3.8) is 0 Å². The first-order chi connectivity index (χ1) is 4.74. The lowest BCUT2D eigenvalue weighted by Crippen LogP contribution is -2.15. The fourth-order valence-electron chi connectivity index (χ4n) is 0.442. The summed E-state index contributed by atoms with van der Waals surface area (Å²) >= 11 is 3.13. The SMILES string of the molecule is C=CC(=O)OC(Br)C1CO1. The molecule has 2 atom stereocenters.